The minimum atomic E-state index is -0.789. The van der Waals surface area contributed by atoms with Crippen molar-refractivity contribution >= 4 is 39.4 Å². The third kappa shape index (κ3) is 2.18. The van der Waals surface area contributed by atoms with Crippen LogP contribution in [-0.2, 0) is 9.47 Å². The number of fused-ring (bicyclic) bond motifs is 3. The largest absolute Gasteiger partial charge is 0.465 e. The van der Waals surface area contributed by atoms with Crippen molar-refractivity contribution in [1.29, 1.82) is 5.41 Å². The first-order valence-electron chi connectivity index (χ1n) is 6.98. The molecule has 1 heterocycles. The standard InChI is InChI=1S/C17H14N2O5/c1-22-16(20)10-7-9-8-5-3-4-6-11(8)24-15(19)12(9)14(18)13(10)17(21)23-2/h3-7,19H,18H2,1-2H3. The van der Waals surface area contributed by atoms with Crippen molar-refractivity contribution < 1.29 is 23.5 Å². The third-order valence-corrected chi connectivity index (χ3v) is 3.78. The number of hydrogen-bond acceptors (Lipinski definition) is 7. The van der Waals surface area contributed by atoms with E-state index in [0.29, 0.717) is 16.4 Å². The van der Waals surface area contributed by atoms with E-state index in [0.717, 1.165) is 0 Å². The Morgan fingerprint density at radius 1 is 1.08 bits per heavy atom. The number of para-hydroxylation sites is 1. The number of rotatable bonds is 2. The molecule has 122 valence electrons. The van der Waals surface area contributed by atoms with Crippen molar-refractivity contribution in [3.8, 4) is 0 Å². The number of carbonyl (C=O) groups excluding carboxylic acids is 2. The Labute approximate surface area is 136 Å². The lowest BCUT2D eigenvalue weighted by Crippen LogP contribution is -2.17. The van der Waals surface area contributed by atoms with Crippen LogP contribution in [0.5, 0.6) is 0 Å². The lowest BCUT2D eigenvalue weighted by molar-refractivity contribution is 0.0556. The average molecular weight is 326 g/mol. The Kier molecular flexibility index (Phi) is 3.69. The molecule has 3 rings (SSSR count). The van der Waals surface area contributed by atoms with Crippen molar-refractivity contribution in [2.24, 2.45) is 0 Å². The highest BCUT2D eigenvalue weighted by Crippen LogP contribution is 2.32. The van der Waals surface area contributed by atoms with Crippen LogP contribution in [-0.4, -0.2) is 26.2 Å². The molecular weight excluding hydrogens is 312 g/mol. The van der Waals surface area contributed by atoms with E-state index in [1.54, 1.807) is 24.3 Å². The van der Waals surface area contributed by atoms with E-state index >= 15 is 0 Å². The third-order valence-electron chi connectivity index (χ3n) is 3.78. The predicted molar refractivity (Wildman–Crippen MR) is 86.7 cm³/mol. The first-order chi connectivity index (χ1) is 11.5. The summed E-state index contributed by atoms with van der Waals surface area (Å²) in [6, 6.07) is 8.52. The van der Waals surface area contributed by atoms with Crippen molar-refractivity contribution in [2.45, 2.75) is 0 Å². The summed E-state index contributed by atoms with van der Waals surface area (Å²) >= 11 is 0. The second-order valence-corrected chi connectivity index (χ2v) is 5.05. The van der Waals surface area contributed by atoms with Gasteiger partial charge in [-0.1, -0.05) is 18.2 Å². The van der Waals surface area contributed by atoms with Crippen molar-refractivity contribution in [2.75, 3.05) is 20.0 Å². The number of ether oxygens (including phenoxy) is 2. The van der Waals surface area contributed by atoms with Crippen molar-refractivity contribution in [3.05, 3.63) is 47.0 Å². The van der Waals surface area contributed by atoms with Crippen LogP contribution >= 0.6 is 0 Å². The summed E-state index contributed by atoms with van der Waals surface area (Å²) in [6.07, 6.45) is 0. The lowest BCUT2D eigenvalue weighted by Gasteiger charge is -2.13. The first-order valence-corrected chi connectivity index (χ1v) is 6.98. The summed E-state index contributed by atoms with van der Waals surface area (Å²) in [4.78, 5) is 24.2. The molecule has 0 spiro atoms. The molecule has 0 aliphatic carbocycles. The maximum atomic E-state index is 12.1. The number of carbonyl (C=O) groups is 2. The van der Waals surface area contributed by atoms with Crippen molar-refractivity contribution in [3.63, 3.8) is 0 Å². The number of benzene rings is 2. The van der Waals surface area contributed by atoms with E-state index < -0.39 is 11.9 Å². The second-order valence-electron chi connectivity index (χ2n) is 5.05. The molecule has 2 aromatic carbocycles. The van der Waals surface area contributed by atoms with Gasteiger partial charge in [0.25, 0.3) is 0 Å². The number of methoxy groups -OCH3 is 2. The van der Waals surface area contributed by atoms with E-state index in [1.165, 1.54) is 20.3 Å². The molecule has 0 radical (unpaired) electrons. The molecule has 7 nitrogen and oxygen atoms in total. The normalized spacial score (nSPS) is 10.8. The number of nitrogen functional groups attached to an aromatic ring is 1. The highest BCUT2D eigenvalue weighted by atomic mass is 16.5. The molecule has 0 aliphatic rings. The maximum absolute atomic E-state index is 12.1. The summed E-state index contributed by atoms with van der Waals surface area (Å²) in [5, 5.41) is 9.51. The Hall–Kier alpha value is -3.35. The molecule has 3 N–H and O–H groups in total. The van der Waals surface area contributed by atoms with Crippen LogP contribution < -0.4 is 11.3 Å². The van der Waals surface area contributed by atoms with Crippen LogP contribution in [0, 0.1) is 5.41 Å². The summed E-state index contributed by atoms with van der Waals surface area (Å²) < 4.78 is 14.9. The molecule has 7 heteroatoms. The Morgan fingerprint density at radius 2 is 1.75 bits per heavy atom. The molecule has 24 heavy (non-hydrogen) atoms. The molecule has 0 aliphatic heterocycles. The molecule has 0 unspecified atom stereocenters. The van der Waals surface area contributed by atoms with E-state index in [2.05, 4.69) is 0 Å². The minimum Gasteiger partial charge on any atom is -0.465 e. The van der Waals surface area contributed by atoms with E-state index in [4.69, 9.17) is 25.0 Å². The van der Waals surface area contributed by atoms with Crippen molar-refractivity contribution in [1.82, 2.24) is 0 Å². The number of nitrogens with one attached hydrogen (secondary N) is 1. The zero-order valence-corrected chi connectivity index (χ0v) is 13.0. The van der Waals surface area contributed by atoms with Gasteiger partial charge in [0, 0.05) is 10.8 Å². The van der Waals surface area contributed by atoms with Gasteiger partial charge in [-0.05, 0) is 12.1 Å². The monoisotopic (exact) mass is 326 g/mol. The summed E-state index contributed by atoms with van der Waals surface area (Å²) in [5.41, 5.74) is 6.13. The molecule has 0 amide bonds. The lowest BCUT2D eigenvalue weighted by atomic mass is 9.97. The van der Waals surface area contributed by atoms with Gasteiger partial charge in [-0.15, -0.1) is 0 Å². The zero-order chi connectivity index (χ0) is 17.4. The smallest absolute Gasteiger partial charge is 0.340 e. The van der Waals surface area contributed by atoms with E-state index in [9.17, 15) is 9.59 Å². The van der Waals surface area contributed by atoms with Crippen LogP contribution in [0.3, 0.4) is 0 Å². The molecule has 0 saturated heterocycles. The van der Waals surface area contributed by atoms with E-state index in [1.807, 2.05) is 0 Å². The molecular formula is C17H14N2O5. The van der Waals surface area contributed by atoms with Crippen LogP contribution in [0.15, 0.2) is 34.7 Å². The molecule has 0 saturated carbocycles. The van der Waals surface area contributed by atoms with Crippen LogP contribution in [0.25, 0.3) is 21.7 Å². The van der Waals surface area contributed by atoms with Gasteiger partial charge in [0.15, 0.2) is 0 Å². The SMILES string of the molecule is COC(=O)c1cc2c(c(N)c1C(=O)OC)c(=N)oc1ccccc12. The van der Waals surface area contributed by atoms with Crippen LogP contribution in [0.1, 0.15) is 20.7 Å². The summed E-state index contributed by atoms with van der Waals surface area (Å²) in [6.45, 7) is 0. The number of anilines is 1. The van der Waals surface area contributed by atoms with Gasteiger partial charge >= 0.3 is 11.9 Å². The van der Waals surface area contributed by atoms with Gasteiger partial charge in [0.1, 0.15) is 5.58 Å². The maximum Gasteiger partial charge on any atom is 0.340 e. The quantitative estimate of drug-likeness (QED) is 0.424. The molecule has 3 aromatic rings. The number of esters is 2. The molecule has 0 fully saturated rings. The van der Waals surface area contributed by atoms with E-state index in [-0.39, 0.29) is 27.8 Å². The fourth-order valence-electron chi connectivity index (χ4n) is 2.69. The highest BCUT2D eigenvalue weighted by molar-refractivity contribution is 6.18. The Balaban J connectivity index is 2.58. The van der Waals surface area contributed by atoms with Gasteiger partial charge < -0.3 is 19.6 Å². The van der Waals surface area contributed by atoms with Gasteiger partial charge in [0.2, 0.25) is 5.55 Å². The van der Waals surface area contributed by atoms with Crippen LogP contribution in [0.4, 0.5) is 5.69 Å². The molecule has 0 atom stereocenters. The summed E-state index contributed by atoms with van der Waals surface area (Å²) in [7, 11) is 2.39. The fraction of sp³-hybridized carbons (Fsp3) is 0.118. The minimum absolute atomic E-state index is 0.0231. The highest BCUT2D eigenvalue weighted by Gasteiger charge is 2.25. The van der Waals surface area contributed by atoms with Gasteiger partial charge in [-0.2, -0.15) is 0 Å². The second kappa shape index (κ2) is 5.69. The zero-order valence-electron chi connectivity index (χ0n) is 13.0. The number of hydrogen-bond donors (Lipinski definition) is 2. The number of nitrogens with two attached hydrogens (primary N) is 1. The fourth-order valence-corrected chi connectivity index (χ4v) is 2.69. The molecule has 0 bridgehead atoms. The summed E-state index contributed by atoms with van der Waals surface area (Å²) in [5.74, 6) is -1.51. The van der Waals surface area contributed by atoms with Gasteiger partial charge in [-0.25, -0.2) is 9.59 Å². The average Bonchev–Trinajstić information content (AvgIpc) is 2.59. The first kappa shape index (κ1) is 15.5. The predicted octanol–water partition coefficient (Wildman–Crippen LogP) is 2.22. The topological polar surface area (TPSA) is 116 Å². The molecule has 1 aromatic heterocycles. The van der Waals surface area contributed by atoms with Gasteiger partial charge in [-0.3, -0.25) is 5.41 Å². The Morgan fingerprint density at radius 3 is 2.42 bits per heavy atom. The van der Waals surface area contributed by atoms with Crippen LogP contribution in [0.2, 0.25) is 0 Å². The van der Waals surface area contributed by atoms with Gasteiger partial charge in [0.05, 0.1) is 36.4 Å². The Bertz CT molecular complexity index is 1050.